The first-order chi connectivity index (χ1) is 14.0. The molecule has 0 radical (unpaired) electrons. The topological polar surface area (TPSA) is 81.2 Å². The largest absolute Gasteiger partial charge is 0.443 e. The second-order valence-corrected chi connectivity index (χ2v) is 8.54. The molecule has 150 valence electrons. The van der Waals surface area contributed by atoms with Crippen LogP contribution in [0.25, 0.3) is 11.1 Å². The summed E-state index contributed by atoms with van der Waals surface area (Å²) in [5, 5.41) is 4.58. The van der Waals surface area contributed by atoms with Crippen molar-refractivity contribution in [2.45, 2.75) is 45.6 Å². The molecular formula is C22H24N4O3. The summed E-state index contributed by atoms with van der Waals surface area (Å²) in [5.41, 5.74) is 3.36. The zero-order valence-electron chi connectivity index (χ0n) is 16.6. The first kappa shape index (κ1) is 18.1. The third kappa shape index (κ3) is 3.34. The molecular weight excluding hydrogens is 368 g/mol. The molecule has 3 heterocycles. The predicted molar refractivity (Wildman–Crippen MR) is 109 cm³/mol. The number of aromatic nitrogens is 3. The molecule has 2 aliphatic rings. The van der Waals surface area contributed by atoms with Gasteiger partial charge in [0.05, 0.1) is 0 Å². The van der Waals surface area contributed by atoms with Crippen LogP contribution in [0.2, 0.25) is 0 Å². The molecule has 1 saturated heterocycles. The zero-order chi connectivity index (χ0) is 20.0. The molecule has 2 fully saturated rings. The lowest BCUT2D eigenvalue weighted by Gasteiger charge is -2.38. The van der Waals surface area contributed by atoms with Crippen molar-refractivity contribution < 1.29 is 9.21 Å². The van der Waals surface area contributed by atoms with E-state index in [1.807, 2.05) is 25.1 Å². The maximum Gasteiger partial charge on any atom is 0.267 e. The van der Waals surface area contributed by atoms with Crippen LogP contribution in [0.4, 0.5) is 5.82 Å². The number of ketones is 1. The quantitative estimate of drug-likeness (QED) is 0.664. The van der Waals surface area contributed by atoms with Gasteiger partial charge in [-0.15, -0.1) is 0 Å². The molecule has 0 bridgehead atoms. The van der Waals surface area contributed by atoms with E-state index in [4.69, 9.17) is 4.42 Å². The molecule has 3 aromatic rings. The first-order valence-corrected chi connectivity index (χ1v) is 10.2. The monoisotopic (exact) mass is 392 g/mol. The Morgan fingerprint density at radius 2 is 2.10 bits per heavy atom. The Morgan fingerprint density at radius 3 is 2.86 bits per heavy atom. The van der Waals surface area contributed by atoms with E-state index in [-0.39, 0.29) is 24.3 Å². The fourth-order valence-electron chi connectivity index (χ4n) is 4.66. The number of benzene rings is 1. The number of carbonyl (C=O) groups is 1. The number of hydrogen-bond acceptors (Lipinski definition) is 6. The maximum absolute atomic E-state index is 12.6. The predicted octanol–water partition coefficient (Wildman–Crippen LogP) is 2.89. The van der Waals surface area contributed by atoms with Gasteiger partial charge in [-0.1, -0.05) is 12.5 Å². The van der Waals surface area contributed by atoms with E-state index < -0.39 is 0 Å². The van der Waals surface area contributed by atoms with Crippen LogP contribution >= 0.6 is 0 Å². The van der Waals surface area contributed by atoms with Crippen molar-refractivity contribution in [3.05, 3.63) is 52.1 Å². The molecule has 7 nitrogen and oxygen atoms in total. The smallest absolute Gasteiger partial charge is 0.267 e. The summed E-state index contributed by atoms with van der Waals surface area (Å²) < 4.78 is 6.54. The fourth-order valence-corrected chi connectivity index (χ4v) is 4.66. The van der Waals surface area contributed by atoms with Crippen LogP contribution in [0.1, 0.15) is 36.8 Å². The second kappa shape index (κ2) is 6.83. The van der Waals surface area contributed by atoms with Crippen LogP contribution in [0, 0.1) is 12.3 Å². The Bertz CT molecular complexity index is 1140. The molecule has 0 unspecified atom stereocenters. The standard InChI is InChI=1S/C22H24N4O3/c1-15-9-20(28)26(24-21(15)25-8-7-22(13-25)5-2-6-22)12-17(27)10-16-3-4-19-18(11-16)23-14-29-19/h3-4,9,11,14H,2,5-8,10,12-13H2,1H3. The van der Waals surface area contributed by atoms with Crippen LogP contribution in [0.5, 0.6) is 0 Å². The third-order valence-corrected chi connectivity index (χ3v) is 6.44. The summed E-state index contributed by atoms with van der Waals surface area (Å²) in [6.45, 7) is 3.87. The molecule has 2 aromatic heterocycles. The third-order valence-electron chi connectivity index (χ3n) is 6.44. The van der Waals surface area contributed by atoms with Crippen LogP contribution in [0.15, 0.2) is 39.9 Å². The fraction of sp³-hybridized carbons (Fsp3) is 0.455. The van der Waals surface area contributed by atoms with Gasteiger partial charge in [0, 0.05) is 25.6 Å². The van der Waals surface area contributed by atoms with Crippen molar-refractivity contribution in [1.29, 1.82) is 0 Å². The average Bonchev–Trinajstić information content (AvgIpc) is 3.30. The van der Waals surface area contributed by atoms with E-state index in [2.05, 4.69) is 15.0 Å². The molecule has 7 heteroatoms. The highest BCUT2D eigenvalue weighted by molar-refractivity contribution is 5.82. The summed E-state index contributed by atoms with van der Waals surface area (Å²) in [7, 11) is 0. The average molecular weight is 392 g/mol. The van der Waals surface area contributed by atoms with Crippen molar-refractivity contribution in [1.82, 2.24) is 14.8 Å². The van der Waals surface area contributed by atoms with Crippen molar-refractivity contribution in [3.8, 4) is 0 Å². The van der Waals surface area contributed by atoms with Gasteiger partial charge in [-0.25, -0.2) is 9.67 Å². The Morgan fingerprint density at radius 1 is 1.24 bits per heavy atom. The summed E-state index contributed by atoms with van der Waals surface area (Å²) in [4.78, 5) is 31.5. The summed E-state index contributed by atoms with van der Waals surface area (Å²) in [6.07, 6.45) is 6.70. The number of hydrogen-bond donors (Lipinski definition) is 0. The number of Topliss-reactive ketones (excluding diaryl/α,β-unsaturated/α-hetero) is 1. The molecule has 1 aliphatic heterocycles. The SMILES string of the molecule is Cc1cc(=O)n(CC(=O)Cc2ccc3ocnc3c2)nc1N1CCC2(CCC2)C1. The zero-order valence-corrected chi connectivity index (χ0v) is 16.6. The highest BCUT2D eigenvalue weighted by Crippen LogP contribution is 2.48. The van der Waals surface area contributed by atoms with Gasteiger partial charge in [-0.3, -0.25) is 9.59 Å². The number of aryl methyl sites for hydroxylation is 1. The van der Waals surface area contributed by atoms with Gasteiger partial charge in [0.2, 0.25) is 0 Å². The van der Waals surface area contributed by atoms with Gasteiger partial charge in [-0.05, 0) is 54.9 Å². The number of anilines is 1. The van der Waals surface area contributed by atoms with E-state index in [1.165, 1.54) is 36.8 Å². The highest BCUT2D eigenvalue weighted by Gasteiger charge is 2.43. The molecule has 0 amide bonds. The molecule has 5 rings (SSSR count). The van der Waals surface area contributed by atoms with Gasteiger partial charge in [0.25, 0.3) is 5.56 Å². The lowest BCUT2D eigenvalue weighted by Crippen LogP contribution is -2.35. The first-order valence-electron chi connectivity index (χ1n) is 10.2. The van der Waals surface area contributed by atoms with Crippen molar-refractivity contribution in [2.24, 2.45) is 5.41 Å². The number of oxazole rings is 1. The number of nitrogens with zero attached hydrogens (tertiary/aromatic N) is 4. The van der Waals surface area contributed by atoms with Crippen molar-refractivity contribution in [2.75, 3.05) is 18.0 Å². The lowest BCUT2D eigenvalue weighted by molar-refractivity contribution is -0.119. The molecule has 0 atom stereocenters. The second-order valence-electron chi connectivity index (χ2n) is 8.54. The minimum Gasteiger partial charge on any atom is -0.443 e. The van der Waals surface area contributed by atoms with Gasteiger partial charge in [-0.2, -0.15) is 5.10 Å². The number of fused-ring (bicyclic) bond motifs is 1. The van der Waals surface area contributed by atoms with E-state index in [1.54, 1.807) is 6.07 Å². The van der Waals surface area contributed by atoms with Crippen LogP contribution in [-0.2, 0) is 17.8 Å². The number of carbonyl (C=O) groups excluding carboxylic acids is 1. The summed E-state index contributed by atoms with van der Waals surface area (Å²) in [6, 6.07) is 7.10. The molecule has 0 N–H and O–H groups in total. The van der Waals surface area contributed by atoms with Crippen LogP contribution in [-0.4, -0.2) is 33.6 Å². The molecule has 1 spiro atoms. The van der Waals surface area contributed by atoms with Gasteiger partial charge in [0.1, 0.15) is 12.1 Å². The molecule has 29 heavy (non-hydrogen) atoms. The maximum atomic E-state index is 12.6. The molecule has 1 aliphatic carbocycles. The molecule has 1 aromatic carbocycles. The van der Waals surface area contributed by atoms with E-state index >= 15 is 0 Å². The van der Waals surface area contributed by atoms with E-state index in [0.717, 1.165) is 35.6 Å². The van der Waals surface area contributed by atoms with Crippen molar-refractivity contribution in [3.63, 3.8) is 0 Å². The normalized spacial score (nSPS) is 17.8. The number of rotatable bonds is 5. The van der Waals surface area contributed by atoms with Gasteiger partial charge in [0.15, 0.2) is 23.6 Å². The highest BCUT2D eigenvalue weighted by atomic mass is 16.3. The Balaban J connectivity index is 1.33. The van der Waals surface area contributed by atoms with Gasteiger partial charge >= 0.3 is 0 Å². The summed E-state index contributed by atoms with van der Waals surface area (Å²) >= 11 is 0. The minimum atomic E-state index is -0.232. The minimum absolute atomic E-state index is 0.0258. The summed E-state index contributed by atoms with van der Waals surface area (Å²) in [5.74, 6) is 0.777. The Hall–Kier alpha value is -2.96. The Kier molecular flexibility index (Phi) is 4.26. The van der Waals surface area contributed by atoms with Gasteiger partial charge < -0.3 is 9.32 Å². The lowest BCUT2D eigenvalue weighted by atomic mass is 9.68. The van der Waals surface area contributed by atoms with Crippen LogP contribution in [0.3, 0.4) is 0 Å². The van der Waals surface area contributed by atoms with E-state index in [0.29, 0.717) is 11.0 Å². The van der Waals surface area contributed by atoms with E-state index in [9.17, 15) is 9.59 Å². The van der Waals surface area contributed by atoms with Crippen molar-refractivity contribution >= 4 is 22.7 Å². The van der Waals surface area contributed by atoms with Crippen LogP contribution < -0.4 is 10.5 Å². The Labute approximate surface area is 168 Å². The molecule has 1 saturated carbocycles.